The number of allylic oxidation sites excluding steroid dienone is 8. The van der Waals surface area contributed by atoms with Crippen LogP contribution in [0.4, 0.5) is 0 Å². The summed E-state index contributed by atoms with van der Waals surface area (Å²) >= 11 is 0. The SMILES string of the molecule is [C-]1=C(CCCCCC2=[C-]CC=C2)C=CC1.[Cl-].[Cl-].[Zr+4]. The molecule has 0 bridgehead atoms. The molecule has 0 aliphatic heterocycles. The molecule has 2 aliphatic carbocycles. The van der Waals surface area contributed by atoms with Gasteiger partial charge in [0.2, 0.25) is 0 Å². The van der Waals surface area contributed by atoms with Gasteiger partial charge in [-0.3, -0.25) is 12.2 Å². The molecule has 0 amide bonds. The van der Waals surface area contributed by atoms with Crippen LogP contribution in [0.2, 0.25) is 0 Å². The van der Waals surface area contributed by atoms with Crippen molar-refractivity contribution in [2.75, 3.05) is 0 Å². The first kappa shape index (κ1) is 20.7. The van der Waals surface area contributed by atoms with Crippen LogP contribution in [0.3, 0.4) is 0 Å². The fraction of sp³-hybridized carbons (Fsp3) is 0.467. The molecule has 3 heteroatoms. The number of hydrogen-bond donors (Lipinski definition) is 0. The molecule has 2 aliphatic rings. The smallest absolute Gasteiger partial charge is 1.00 e. The van der Waals surface area contributed by atoms with Crippen molar-refractivity contribution in [1.29, 1.82) is 0 Å². The molecule has 0 spiro atoms. The standard InChI is InChI=1S/C15H18.2ClH.Zr/c1(2-8-14-10-4-5-11-14)3-9-15-12-6-7-13-15;;;/h4,6,10,12H,1-3,5,7-9H2;2*1H;/q-2;;;+4/p-2. The van der Waals surface area contributed by atoms with E-state index in [0.717, 1.165) is 12.8 Å². The van der Waals surface area contributed by atoms with Gasteiger partial charge in [-0.05, 0) is 0 Å². The molecule has 0 radical (unpaired) electrons. The van der Waals surface area contributed by atoms with Crippen molar-refractivity contribution in [2.24, 2.45) is 0 Å². The van der Waals surface area contributed by atoms with Gasteiger partial charge in [-0.1, -0.05) is 32.1 Å². The number of hydrogen-bond acceptors (Lipinski definition) is 0. The topological polar surface area (TPSA) is 0 Å². The summed E-state index contributed by atoms with van der Waals surface area (Å²) in [6.07, 6.45) is 24.0. The summed E-state index contributed by atoms with van der Waals surface area (Å²) in [6.45, 7) is 0. The Labute approximate surface area is 143 Å². The maximum Gasteiger partial charge on any atom is 4.00 e. The zero-order chi connectivity index (χ0) is 10.3. The first-order valence-corrected chi connectivity index (χ1v) is 5.97. The first-order chi connectivity index (χ1) is 7.45. The molecule has 0 aromatic carbocycles. The van der Waals surface area contributed by atoms with Gasteiger partial charge in [0.25, 0.3) is 0 Å². The van der Waals surface area contributed by atoms with Gasteiger partial charge >= 0.3 is 26.2 Å². The van der Waals surface area contributed by atoms with Crippen LogP contribution in [0.25, 0.3) is 0 Å². The Morgan fingerprint density at radius 2 is 1.22 bits per heavy atom. The number of rotatable bonds is 6. The number of unbranched alkanes of at least 4 members (excludes halogenated alkanes) is 2. The summed E-state index contributed by atoms with van der Waals surface area (Å²) in [6, 6.07) is 0. The third-order valence-corrected chi connectivity index (χ3v) is 2.92. The molecular formula is C15H18Cl2Zr. The molecule has 0 N–H and O–H groups in total. The predicted molar refractivity (Wildman–Crippen MR) is 64.1 cm³/mol. The van der Waals surface area contributed by atoms with Gasteiger partial charge in [0.15, 0.2) is 0 Å². The summed E-state index contributed by atoms with van der Waals surface area (Å²) in [5.74, 6) is 0. The Morgan fingerprint density at radius 1 is 0.778 bits per heavy atom. The molecule has 0 saturated heterocycles. The molecule has 18 heavy (non-hydrogen) atoms. The molecule has 0 fully saturated rings. The van der Waals surface area contributed by atoms with E-state index in [9.17, 15) is 0 Å². The van der Waals surface area contributed by atoms with Crippen molar-refractivity contribution in [3.05, 3.63) is 47.6 Å². The molecule has 96 valence electrons. The van der Waals surface area contributed by atoms with Crippen molar-refractivity contribution in [3.8, 4) is 0 Å². The maximum absolute atomic E-state index is 3.37. The van der Waals surface area contributed by atoms with Gasteiger partial charge in [0.1, 0.15) is 0 Å². The van der Waals surface area contributed by atoms with Crippen LogP contribution in [0, 0.1) is 12.2 Å². The van der Waals surface area contributed by atoms with Crippen LogP contribution >= 0.6 is 0 Å². The Morgan fingerprint density at radius 3 is 1.56 bits per heavy atom. The van der Waals surface area contributed by atoms with Gasteiger partial charge in [-0.15, -0.1) is 12.8 Å². The van der Waals surface area contributed by atoms with Gasteiger partial charge < -0.3 is 24.8 Å². The molecule has 0 heterocycles. The van der Waals surface area contributed by atoms with Crippen molar-refractivity contribution < 1.29 is 51.0 Å². The fourth-order valence-electron chi connectivity index (χ4n) is 2.05. The summed E-state index contributed by atoms with van der Waals surface area (Å²) < 4.78 is 0. The van der Waals surface area contributed by atoms with E-state index in [-0.39, 0.29) is 51.0 Å². The van der Waals surface area contributed by atoms with E-state index >= 15 is 0 Å². The Bertz CT molecular complexity index is 295. The predicted octanol–water partition coefficient (Wildman–Crippen LogP) is -1.68. The number of halogens is 2. The van der Waals surface area contributed by atoms with Gasteiger partial charge in [0, 0.05) is 0 Å². The van der Waals surface area contributed by atoms with E-state index in [1.165, 1.54) is 43.3 Å². The third-order valence-electron chi connectivity index (χ3n) is 2.92. The van der Waals surface area contributed by atoms with Gasteiger partial charge in [-0.25, -0.2) is 23.3 Å². The maximum atomic E-state index is 3.37. The monoisotopic (exact) mass is 358 g/mol. The molecule has 0 aromatic heterocycles. The van der Waals surface area contributed by atoms with Crippen LogP contribution in [-0.2, 0) is 26.2 Å². The van der Waals surface area contributed by atoms with Gasteiger partial charge in [-0.2, -0.15) is 12.2 Å². The van der Waals surface area contributed by atoms with Crippen molar-refractivity contribution in [3.63, 3.8) is 0 Å². The molecule has 2 rings (SSSR count). The minimum absolute atomic E-state index is 0. The second-order valence-corrected chi connectivity index (χ2v) is 4.18. The third kappa shape index (κ3) is 7.77. The van der Waals surface area contributed by atoms with Crippen LogP contribution in [-0.4, -0.2) is 0 Å². The quantitative estimate of drug-likeness (QED) is 0.392. The fourth-order valence-corrected chi connectivity index (χ4v) is 2.05. The van der Waals surface area contributed by atoms with E-state index in [0.29, 0.717) is 0 Å². The van der Waals surface area contributed by atoms with Crippen LogP contribution in [0.15, 0.2) is 35.5 Å². The minimum atomic E-state index is 0. The molecule has 0 unspecified atom stereocenters. The normalized spacial score (nSPS) is 15.3. The van der Waals surface area contributed by atoms with E-state index in [1.54, 1.807) is 0 Å². The Kier molecular flexibility index (Phi) is 14.3. The van der Waals surface area contributed by atoms with Gasteiger partial charge in [0.05, 0.1) is 0 Å². The largest absolute Gasteiger partial charge is 4.00 e. The van der Waals surface area contributed by atoms with Crippen LogP contribution in [0.5, 0.6) is 0 Å². The second kappa shape index (κ2) is 12.5. The summed E-state index contributed by atoms with van der Waals surface area (Å²) in [5, 5.41) is 0. The average molecular weight is 360 g/mol. The average Bonchev–Trinajstić information content (AvgIpc) is 2.88. The van der Waals surface area contributed by atoms with Crippen LogP contribution in [0.1, 0.15) is 44.9 Å². The van der Waals surface area contributed by atoms with Crippen LogP contribution < -0.4 is 24.8 Å². The van der Waals surface area contributed by atoms with Crippen molar-refractivity contribution >= 4 is 0 Å². The Balaban J connectivity index is 0. The molecule has 0 aromatic rings. The molecular weight excluding hydrogens is 342 g/mol. The van der Waals surface area contributed by atoms with E-state index < -0.39 is 0 Å². The second-order valence-electron chi connectivity index (χ2n) is 4.18. The summed E-state index contributed by atoms with van der Waals surface area (Å²) in [7, 11) is 0. The first-order valence-electron chi connectivity index (χ1n) is 5.97. The zero-order valence-corrected chi connectivity index (χ0v) is 14.5. The molecule has 0 saturated carbocycles. The van der Waals surface area contributed by atoms with E-state index in [1.807, 2.05) is 0 Å². The molecule has 0 atom stereocenters. The summed E-state index contributed by atoms with van der Waals surface area (Å²) in [4.78, 5) is 0. The minimum Gasteiger partial charge on any atom is -1.00 e. The Hall–Kier alpha value is 0.423. The summed E-state index contributed by atoms with van der Waals surface area (Å²) in [5.41, 5.74) is 2.84. The van der Waals surface area contributed by atoms with E-state index in [2.05, 4.69) is 36.5 Å². The zero-order valence-electron chi connectivity index (χ0n) is 10.5. The molecule has 0 nitrogen and oxygen atoms in total. The van der Waals surface area contributed by atoms with Crippen molar-refractivity contribution in [2.45, 2.75) is 44.9 Å². The van der Waals surface area contributed by atoms with Crippen molar-refractivity contribution in [1.82, 2.24) is 0 Å². The van der Waals surface area contributed by atoms with E-state index in [4.69, 9.17) is 0 Å².